The maximum atomic E-state index is 13.3. The summed E-state index contributed by atoms with van der Waals surface area (Å²) in [5.74, 6) is -1.93. The van der Waals surface area contributed by atoms with Crippen LogP contribution in [0.15, 0.2) is 72.8 Å². The number of anilines is 1. The smallest absolute Gasteiger partial charge is 0.335 e. The topological polar surface area (TPSA) is 171 Å². The molecule has 0 aromatic heterocycles. The molecule has 0 bridgehead atoms. The summed E-state index contributed by atoms with van der Waals surface area (Å²) in [5.41, 5.74) is -0.632. The largest absolute Gasteiger partial charge is 0.490 e. The van der Waals surface area contributed by atoms with Gasteiger partial charge in [-0.3, -0.25) is 35.1 Å². The predicted octanol–water partition coefficient (Wildman–Crippen LogP) is 5.74. The minimum Gasteiger partial charge on any atom is -0.490 e. The molecule has 4 rings (SSSR count). The summed E-state index contributed by atoms with van der Waals surface area (Å²) in [6.07, 6.45) is 2.95. The number of barbiturate groups is 1. The molecule has 1 heterocycles. The molecule has 3 aromatic rings. The first-order valence-corrected chi connectivity index (χ1v) is 12.6. The van der Waals surface area contributed by atoms with Gasteiger partial charge in [-0.2, -0.15) is 0 Å². The summed E-state index contributed by atoms with van der Waals surface area (Å²) >= 11 is 6.02. The average Bonchev–Trinajstić information content (AvgIpc) is 2.93. The Labute approximate surface area is 242 Å². The highest BCUT2D eigenvalue weighted by Gasteiger charge is 2.37. The van der Waals surface area contributed by atoms with Crippen LogP contribution in [0.25, 0.3) is 6.08 Å². The Bertz CT molecular complexity index is 1690. The zero-order valence-corrected chi connectivity index (χ0v) is 22.6. The number of non-ortho nitro benzene ring substituents is 1. The molecule has 0 aliphatic carbocycles. The normalized spacial score (nSPS) is 14.0. The van der Waals surface area contributed by atoms with Gasteiger partial charge in [-0.15, -0.1) is 6.58 Å². The lowest BCUT2D eigenvalue weighted by molar-refractivity contribution is -0.394. The molecule has 0 radical (unpaired) electrons. The lowest BCUT2D eigenvalue weighted by atomic mass is 10.0. The van der Waals surface area contributed by atoms with Crippen molar-refractivity contribution < 1.29 is 33.7 Å². The zero-order chi connectivity index (χ0) is 30.6. The number of rotatable bonds is 10. The highest BCUT2D eigenvalue weighted by Crippen LogP contribution is 2.41. The Balaban J connectivity index is 1.81. The third-order valence-electron chi connectivity index (χ3n) is 5.86. The van der Waals surface area contributed by atoms with Crippen LogP contribution >= 0.6 is 11.6 Å². The fourth-order valence-corrected chi connectivity index (χ4v) is 4.27. The second kappa shape index (κ2) is 12.3. The maximum absolute atomic E-state index is 13.3. The third kappa shape index (κ3) is 6.10. The summed E-state index contributed by atoms with van der Waals surface area (Å²) in [5, 5.41) is 25.2. The molecule has 1 aliphatic heterocycles. The van der Waals surface area contributed by atoms with Crippen molar-refractivity contribution in [3.05, 3.63) is 109 Å². The number of ether oxygens (including phenoxy) is 2. The number of benzene rings is 3. The minimum atomic E-state index is -0.944. The van der Waals surface area contributed by atoms with Crippen molar-refractivity contribution in [3.63, 3.8) is 0 Å². The highest BCUT2D eigenvalue weighted by molar-refractivity contribution is 6.39. The Morgan fingerprint density at radius 2 is 1.79 bits per heavy atom. The number of nitro groups is 2. The van der Waals surface area contributed by atoms with Gasteiger partial charge in [-0.05, 0) is 61.4 Å². The highest BCUT2D eigenvalue weighted by atomic mass is 35.5. The van der Waals surface area contributed by atoms with E-state index in [1.54, 1.807) is 25.1 Å². The summed E-state index contributed by atoms with van der Waals surface area (Å²) in [6.45, 7) is 5.54. The van der Waals surface area contributed by atoms with Gasteiger partial charge in [0.15, 0.2) is 11.5 Å². The van der Waals surface area contributed by atoms with Crippen LogP contribution in [-0.4, -0.2) is 34.3 Å². The molecule has 42 heavy (non-hydrogen) atoms. The van der Waals surface area contributed by atoms with E-state index >= 15 is 0 Å². The van der Waals surface area contributed by atoms with E-state index < -0.39 is 39.1 Å². The SMILES string of the molecule is C=CCc1cc(/C=C2\C(=O)NC(=O)N(c3cccc(Cl)c3)C2=O)cc(OCC)c1Oc1ccc([N+](=O)[O-])cc1[N+](=O)[O-]. The van der Waals surface area contributed by atoms with Crippen LogP contribution in [0.2, 0.25) is 5.02 Å². The van der Waals surface area contributed by atoms with Crippen LogP contribution in [0, 0.1) is 20.2 Å². The number of urea groups is 1. The van der Waals surface area contributed by atoms with Crippen LogP contribution in [0.4, 0.5) is 21.9 Å². The van der Waals surface area contributed by atoms with Crippen molar-refractivity contribution in [1.82, 2.24) is 5.32 Å². The number of nitro benzene ring substituents is 2. The molecular formula is C28H21ClN4O9. The number of allylic oxidation sites excluding steroid dienone is 1. The first kappa shape index (κ1) is 29.4. The fourth-order valence-electron chi connectivity index (χ4n) is 4.08. The van der Waals surface area contributed by atoms with Crippen molar-refractivity contribution in [2.45, 2.75) is 13.3 Å². The summed E-state index contributed by atoms with van der Waals surface area (Å²) in [6, 6.07) is 11.0. The van der Waals surface area contributed by atoms with Gasteiger partial charge >= 0.3 is 11.7 Å². The van der Waals surface area contributed by atoms with E-state index in [4.69, 9.17) is 21.1 Å². The second-order valence-electron chi connectivity index (χ2n) is 8.64. The van der Waals surface area contributed by atoms with Crippen molar-refractivity contribution in [1.29, 1.82) is 0 Å². The lowest BCUT2D eigenvalue weighted by Gasteiger charge is -2.26. The van der Waals surface area contributed by atoms with Crippen LogP contribution in [-0.2, 0) is 16.0 Å². The van der Waals surface area contributed by atoms with E-state index in [1.165, 1.54) is 30.4 Å². The first-order valence-electron chi connectivity index (χ1n) is 12.2. The van der Waals surface area contributed by atoms with Crippen LogP contribution in [0.5, 0.6) is 17.2 Å². The molecule has 214 valence electrons. The molecule has 1 saturated heterocycles. The number of carbonyl (C=O) groups excluding carboxylic acids is 3. The molecule has 1 N–H and O–H groups in total. The Kier molecular flexibility index (Phi) is 8.62. The van der Waals surface area contributed by atoms with E-state index in [2.05, 4.69) is 11.9 Å². The monoisotopic (exact) mass is 592 g/mol. The Morgan fingerprint density at radius 3 is 2.43 bits per heavy atom. The number of amides is 4. The van der Waals surface area contributed by atoms with Crippen molar-refractivity contribution in [3.8, 4) is 17.2 Å². The van der Waals surface area contributed by atoms with Gasteiger partial charge < -0.3 is 9.47 Å². The number of nitrogens with zero attached hydrogens (tertiary/aromatic N) is 3. The minimum absolute atomic E-state index is 0.0611. The van der Waals surface area contributed by atoms with E-state index in [0.717, 1.165) is 23.1 Å². The zero-order valence-electron chi connectivity index (χ0n) is 21.9. The molecule has 3 aromatic carbocycles. The van der Waals surface area contributed by atoms with Gasteiger partial charge in [-0.25, -0.2) is 9.69 Å². The number of hydrogen-bond acceptors (Lipinski definition) is 9. The number of imide groups is 2. The van der Waals surface area contributed by atoms with Crippen LogP contribution in [0.3, 0.4) is 0 Å². The molecule has 14 heteroatoms. The van der Waals surface area contributed by atoms with Gasteiger partial charge in [0.2, 0.25) is 5.75 Å². The molecule has 1 fully saturated rings. The van der Waals surface area contributed by atoms with Crippen LogP contribution < -0.4 is 19.7 Å². The fraction of sp³-hybridized carbons (Fsp3) is 0.107. The second-order valence-corrected chi connectivity index (χ2v) is 9.08. The first-order chi connectivity index (χ1) is 20.0. The quantitative estimate of drug-likeness (QED) is 0.101. The molecule has 13 nitrogen and oxygen atoms in total. The summed E-state index contributed by atoms with van der Waals surface area (Å²) in [7, 11) is 0. The van der Waals surface area contributed by atoms with Gasteiger partial charge in [0.1, 0.15) is 5.57 Å². The molecule has 0 atom stereocenters. The molecule has 4 amide bonds. The summed E-state index contributed by atoms with van der Waals surface area (Å²) < 4.78 is 11.6. The maximum Gasteiger partial charge on any atom is 0.335 e. The van der Waals surface area contributed by atoms with Gasteiger partial charge in [0.25, 0.3) is 17.5 Å². The molecule has 0 saturated carbocycles. The van der Waals surface area contributed by atoms with E-state index in [0.29, 0.717) is 11.1 Å². The molecule has 0 unspecified atom stereocenters. The standard InChI is InChI=1S/C28H21ClN4O9/c1-3-6-17-11-16(12-21-26(34)30-28(36)31(27(21)35)19-8-5-7-18(29)14-19)13-24(41-4-2)25(17)42-23-10-9-20(32(37)38)15-22(23)33(39)40/h3,5,7-15H,1,4,6H2,2H3,(H,30,34,36)/b21-12+. The van der Waals surface area contributed by atoms with Crippen molar-refractivity contribution in [2.24, 2.45) is 0 Å². The van der Waals surface area contributed by atoms with Crippen molar-refractivity contribution in [2.75, 3.05) is 11.5 Å². The predicted molar refractivity (Wildman–Crippen MR) is 152 cm³/mol. The number of carbonyl (C=O) groups is 3. The van der Waals surface area contributed by atoms with Crippen molar-refractivity contribution >= 4 is 52.6 Å². The summed E-state index contributed by atoms with van der Waals surface area (Å²) in [4.78, 5) is 60.5. The van der Waals surface area contributed by atoms with E-state index in [1.807, 2.05) is 0 Å². The number of nitrogens with one attached hydrogen (secondary N) is 1. The molecular weight excluding hydrogens is 572 g/mol. The molecule has 0 spiro atoms. The van der Waals surface area contributed by atoms with Crippen LogP contribution in [0.1, 0.15) is 18.1 Å². The van der Waals surface area contributed by atoms with Gasteiger partial charge in [0, 0.05) is 16.7 Å². The Morgan fingerprint density at radius 1 is 1.02 bits per heavy atom. The number of halogens is 1. The van der Waals surface area contributed by atoms with E-state index in [9.17, 15) is 34.6 Å². The Hall–Kier alpha value is -5.56. The van der Waals surface area contributed by atoms with Gasteiger partial charge in [0.05, 0.1) is 28.2 Å². The molecule has 1 aliphatic rings. The third-order valence-corrected chi connectivity index (χ3v) is 6.09. The average molecular weight is 593 g/mol. The lowest BCUT2D eigenvalue weighted by Crippen LogP contribution is -2.54. The number of hydrogen-bond donors (Lipinski definition) is 1. The van der Waals surface area contributed by atoms with E-state index in [-0.39, 0.29) is 46.6 Å². The van der Waals surface area contributed by atoms with Gasteiger partial charge in [-0.1, -0.05) is 23.7 Å².